The SMILES string of the molecule is Cc1ccc(S(=O)(=O)N[C@H](Cc2ccccc2)C(=O)NCc2cccc(-c3ccc([C@H]4O[C@@H](CN5CCCCC5)C[C@@H](c5ccc(CO)cc5)O4)cc3)c2)cc1. The molecule has 0 aliphatic carbocycles. The number of hydrogen-bond donors (Lipinski definition) is 3. The maximum atomic E-state index is 13.6. The van der Waals surface area contributed by atoms with Crippen molar-refractivity contribution in [2.45, 2.75) is 81.6 Å². The minimum Gasteiger partial charge on any atom is -0.392 e. The lowest BCUT2D eigenvalue weighted by molar-refractivity contribution is -0.253. The molecule has 2 saturated heterocycles. The van der Waals surface area contributed by atoms with Gasteiger partial charge in [0, 0.05) is 25.1 Å². The van der Waals surface area contributed by atoms with Gasteiger partial charge >= 0.3 is 0 Å². The van der Waals surface area contributed by atoms with Gasteiger partial charge in [0.25, 0.3) is 0 Å². The number of likely N-dealkylation sites (tertiary alicyclic amines) is 1. The molecule has 0 saturated carbocycles. The number of nitrogens with zero attached hydrogens (tertiary/aromatic N) is 1. The third-order valence-electron chi connectivity index (χ3n) is 10.7. The monoisotopic (exact) mass is 773 g/mol. The smallest absolute Gasteiger partial charge is 0.241 e. The fourth-order valence-corrected chi connectivity index (χ4v) is 8.67. The third kappa shape index (κ3) is 10.4. The molecule has 3 N–H and O–H groups in total. The van der Waals surface area contributed by atoms with Gasteiger partial charge in [-0.1, -0.05) is 121 Å². The molecule has 2 heterocycles. The van der Waals surface area contributed by atoms with Crippen LogP contribution in [0.2, 0.25) is 0 Å². The summed E-state index contributed by atoms with van der Waals surface area (Å²) >= 11 is 0. The molecule has 0 spiro atoms. The van der Waals surface area contributed by atoms with Crippen LogP contribution in [0.1, 0.15) is 71.5 Å². The highest BCUT2D eigenvalue weighted by Gasteiger charge is 2.33. The van der Waals surface area contributed by atoms with Crippen molar-refractivity contribution in [3.05, 3.63) is 161 Å². The summed E-state index contributed by atoms with van der Waals surface area (Å²) in [5, 5.41) is 12.5. The molecule has 0 radical (unpaired) electrons. The van der Waals surface area contributed by atoms with Gasteiger partial charge in [0.2, 0.25) is 15.9 Å². The van der Waals surface area contributed by atoms with Gasteiger partial charge in [0.15, 0.2) is 6.29 Å². The molecule has 56 heavy (non-hydrogen) atoms. The Morgan fingerprint density at radius 3 is 2.18 bits per heavy atom. The molecule has 1 amide bonds. The highest BCUT2D eigenvalue weighted by molar-refractivity contribution is 7.89. The first-order valence-corrected chi connectivity index (χ1v) is 21.0. The number of aryl methyl sites for hydroxylation is 1. The summed E-state index contributed by atoms with van der Waals surface area (Å²) in [5.74, 6) is -0.409. The molecule has 5 aromatic carbocycles. The van der Waals surface area contributed by atoms with Gasteiger partial charge in [-0.3, -0.25) is 4.79 Å². The number of sulfonamides is 1. The van der Waals surface area contributed by atoms with E-state index < -0.39 is 28.3 Å². The maximum Gasteiger partial charge on any atom is 0.241 e. The molecule has 2 aliphatic rings. The van der Waals surface area contributed by atoms with E-state index in [1.165, 1.54) is 19.3 Å². The highest BCUT2D eigenvalue weighted by Crippen LogP contribution is 2.39. The van der Waals surface area contributed by atoms with E-state index in [4.69, 9.17) is 9.47 Å². The van der Waals surface area contributed by atoms with Crippen LogP contribution >= 0.6 is 0 Å². The predicted octanol–water partition coefficient (Wildman–Crippen LogP) is 7.39. The topological polar surface area (TPSA) is 117 Å². The Balaban J connectivity index is 1.03. The number of aliphatic hydroxyl groups is 1. The summed E-state index contributed by atoms with van der Waals surface area (Å²) in [4.78, 5) is 16.2. The minimum atomic E-state index is -3.95. The first-order valence-electron chi connectivity index (χ1n) is 19.6. The molecule has 0 bridgehead atoms. The summed E-state index contributed by atoms with van der Waals surface area (Å²) in [6.07, 6.45) is 4.05. The summed E-state index contributed by atoms with van der Waals surface area (Å²) < 4.78 is 42.5. The Hall–Kier alpha value is -4.68. The number of benzene rings is 5. The molecule has 0 unspecified atom stereocenters. The Kier molecular flexibility index (Phi) is 13.1. The highest BCUT2D eigenvalue weighted by atomic mass is 32.2. The average molecular weight is 774 g/mol. The van der Waals surface area contributed by atoms with Gasteiger partial charge in [0.1, 0.15) is 6.04 Å². The zero-order valence-electron chi connectivity index (χ0n) is 31.8. The van der Waals surface area contributed by atoms with Crippen LogP contribution in [0.4, 0.5) is 0 Å². The predicted molar refractivity (Wildman–Crippen MR) is 218 cm³/mol. The molecule has 2 aliphatic heterocycles. The van der Waals surface area contributed by atoms with E-state index in [1.54, 1.807) is 24.3 Å². The number of hydrogen-bond acceptors (Lipinski definition) is 7. The summed E-state index contributed by atoms with van der Waals surface area (Å²) in [6, 6.07) is 39.1. The van der Waals surface area contributed by atoms with Crippen molar-refractivity contribution in [3.8, 4) is 11.1 Å². The Morgan fingerprint density at radius 2 is 1.46 bits per heavy atom. The second-order valence-corrected chi connectivity index (χ2v) is 16.6. The van der Waals surface area contributed by atoms with Crippen LogP contribution in [0.3, 0.4) is 0 Å². The molecule has 5 aromatic rings. The number of carbonyl (C=O) groups excluding carboxylic acids is 1. The molecule has 292 valence electrons. The quantitative estimate of drug-likeness (QED) is 0.108. The molecule has 10 heteroatoms. The first-order chi connectivity index (χ1) is 27.2. The first kappa shape index (κ1) is 39.6. The summed E-state index contributed by atoms with van der Waals surface area (Å²) in [6.45, 7) is 5.19. The minimum absolute atomic E-state index is 0.00707. The van der Waals surface area contributed by atoms with Gasteiger partial charge in [0.05, 0.1) is 23.7 Å². The van der Waals surface area contributed by atoms with Crippen molar-refractivity contribution in [1.82, 2.24) is 14.9 Å². The number of carbonyl (C=O) groups is 1. The van der Waals surface area contributed by atoms with Crippen molar-refractivity contribution in [3.63, 3.8) is 0 Å². The van der Waals surface area contributed by atoms with E-state index in [1.807, 2.05) is 85.8 Å². The Bertz CT molecular complexity index is 2140. The number of amides is 1. The molecule has 9 nitrogen and oxygen atoms in total. The van der Waals surface area contributed by atoms with Crippen LogP contribution < -0.4 is 10.0 Å². The van der Waals surface area contributed by atoms with Crippen LogP contribution in [0.15, 0.2) is 132 Å². The number of ether oxygens (including phenoxy) is 2. The lowest BCUT2D eigenvalue weighted by atomic mass is 9.98. The lowest BCUT2D eigenvalue weighted by Gasteiger charge is -2.39. The second-order valence-electron chi connectivity index (χ2n) is 14.9. The van der Waals surface area contributed by atoms with Crippen molar-refractivity contribution in [1.29, 1.82) is 0 Å². The van der Waals surface area contributed by atoms with Gasteiger partial charge in [-0.15, -0.1) is 0 Å². The molecular weight excluding hydrogens is 723 g/mol. The van der Waals surface area contributed by atoms with E-state index >= 15 is 0 Å². The van der Waals surface area contributed by atoms with E-state index in [0.717, 1.165) is 70.6 Å². The van der Waals surface area contributed by atoms with Gasteiger partial charge < -0.3 is 24.8 Å². The fraction of sp³-hybridized carbons (Fsp3) is 0.326. The normalized spacial score (nSPS) is 19.6. The number of nitrogens with one attached hydrogen (secondary N) is 2. The number of aliphatic hydroxyl groups excluding tert-OH is 1. The van der Waals surface area contributed by atoms with E-state index in [9.17, 15) is 18.3 Å². The van der Waals surface area contributed by atoms with Crippen LogP contribution in [0, 0.1) is 6.92 Å². The molecular formula is C46H51N3O6S. The average Bonchev–Trinajstić information content (AvgIpc) is 3.23. The van der Waals surface area contributed by atoms with Gasteiger partial charge in [-0.2, -0.15) is 4.72 Å². The Labute approximate surface area is 330 Å². The van der Waals surface area contributed by atoms with Crippen molar-refractivity contribution in [2.24, 2.45) is 0 Å². The standard InChI is InChI=1S/C46H51N3O6S/c1-33-13-23-42(24-14-33)56(52,53)48-43(28-34-9-4-2-5-10-34)45(51)47-30-36-11-8-12-40(27-36)37-19-21-39(22-20-37)46-54-41(31-49-25-6-3-7-26-49)29-44(55-46)38-17-15-35(32-50)16-18-38/h2,4-5,8-24,27,41,43-44,46,48,50H,3,6-7,25-26,28-32H2,1H3,(H,47,51)/t41-,43-,44+,46+/m1/s1. The van der Waals surface area contributed by atoms with Crippen LogP contribution in [-0.4, -0.2) is 56.1 Å². The number of rotatable bonds is 14. The third-order valence-corrected chi connectivity index (χ3v) is 12.2. The molecule has 2 fully saturated rings. The largest absolute Gasteiger partial charge is 0.392 e. The summed E-state index contributed by atoms with van der Waals surface area (Å²) in [5.41, 5.74) is 7.56. The van der Waals surface area contributed by atoms with Crippen molar-refractivity contribution < 1.29 is 27.8 Å². The number of piperidine rings is 1. The zero-order valence-corrected chi connectivity index (χ0v) is 32.7. The molecule has 4 atom stereocenters. The van der Waals surface area contributed by atoms with E-state index in [0.29, 0.717) is 0 Å². The van der Waals surface area contributed by atoms with Crippen molar-refractivity contribution >= 4 is 15.9 Å². The van der Waals surface area contributed by atoms with E-state index in [2.05, 4.69) is 39.2 Å². The zero-order chi connectivity index (χ0) is 38.9. The van der Waals surface area contributed by atoms with Crippen molar-refractivity contribution in [2.75, 3.05) is 19.6 Å². The fourth-order valence-electron chi connectivity index (χ4n) is 7.48. The lowest BCUT2D eigenvalue weighted by Crippen LogP contribution is -2.47. The van der Waals surface area contributed by atoms with Crippen LogP contribution in [0.25, 0.3) is 11.1 Å². The van der Waals surface area contributed by atoms with E-state index in [-0.39, 0.29) is 36.7 Å². The summed E-state index contributed by atoms with van der Waals surface area (Å²) in [7, 11) is -3.95. The molecule has 7 rings (SSSR count). The second kappa shape index (κ2) is 18.5. The van der Waals surface area contributed by atoms with Crippen LogP contribution in [0.5, 0.6) is 0 Å². The maximum absolute atomic E-state index is 13.6. The van der Waals surface area contributed by atoms with Gasteiger partial charge in [-0.25, -0.2) is 8.42 Å². The van der Waals surface area contributed by atoms with Crippen LogP contribution in [-0.2, 0) is 43.9 Å². The van der Waals surface area contributed by atoms with Gasteiger partial charge in [-0.05, 0) is 90.9 Å². The molecule has 0 aromatic heterocycles. The Morgan fingerprint density at radius 1 is 0.768 bits per heavy atom.